The Kier molecular flexibility index (Phi) is 9.14. The quantitative estimate of drug-likeness (QED) is 0.619. The molecule has 0 aromatic rings. The van der Waals surface area contributed by atoms with E-state index >= 15 is 0 Å². The fraction of sp³-hybridized carbons (Fsp3) is 0.929. The second-order valence-corrected chi connectivity index (χ2v) is 5.37. The van der Waals surface area contributed by atoms with E-state index in [4.69, 9.17) is 5.11 Å². The van der Waals surface area contributed by atoms with E-state index < -0.39 is 5.97 Å². The lowest BCUT2D eigenvalue weighted by atomic mass is 10.0. The van der Waals surface area contributed by atoms with Crippen molar-refractivity contribution >= 4 is 5.97 Å². The molecule has 17 heavy (non-hydrogen) atoms. The maximum absolute atomic E-state index is 10.6. The fourth-order valence-electron chi connectivity index (χ4n) is 1.95. The van der Waals surface area contributed by atoms with Crippen LogP contribution >= 0.6 is 0 Å². The molecule has 0 aliphatic heterocycles. The highest BCUT2D eigenvalue weighted by Crippen LogP contribution is 2.10. The van der Waals surface area contributed by atoms with Gasteiger partial charge in [0.05, 0.1) is 5.92 Å². The van der Waals surface area contributed by atoms with E-state index in [9.17, 15) is 4.79 Å². The summed E-state index contributed by atoms with van der Waals surface area (Å²) < 4.78 is 0. The predicted octanol–water partition coefficient (Wildman–Crippen LogP) is 3.29. The molecule has 0 spiro atoms. The van der Waals surface area contributed by atoms with Crippen LogP contribution in [0, 0.1) is 11.8 Å². The summed E-state index contributed by atoms with van der Waals surface area (Å²) in [5, 5.41) is 12.3. The Labute approximate surface area is 106 Å². The number of carbonyl (C=O) groups is 1. The molecule has 0 amide bonds. The van der Waals surface area contributed by atoms with Gasteiger partial charge in [0, 0.05) is 6.04 Å². The Morgan fingerprint density at radius 1 is 1.18 bits per heavy atom. The molecule has 3 unspecified atom stereocenters. The molecule has 0 aromatic carbocycles. The third kappa shape index (κ3) is 9.16. The molecule has 0 fully saturated rings. The van der Waals surface area contributed by atoms with Crippen LogP contribution in [0.1, 0.15) is 59.8 Å². The first kappa shape index (κ1) is 16.4. The van der Waals surface area contributed by atoms with E-state index in [0.29, 0.717) is 6.04 Å². The van der Waals surface area contributed by atoms with E-state index in [1.807, 2.05) is 0 Å². The maximum atomic E-state index is 10.6. The lowest BCUT2D eigenvalue weighted by Gasteiger charge is -2.17. The highest BCUT2D eigenvalue weighted by atomic mass is 16.4. The summed E-state index contributed by atoms with van der Waals surface area (Å²) in [7, 11) is 0. The van der Waals surface area contributed by atoms with Gasteiger partial charge in [0.2, 0.25) is 0 Å². The van der Waals surface area contributed by atoms with Crippen LogP contribution in [0.15, 0.2) is 0 Å². The van der Waals surface area contributed by atoms with Gasteiger partial charge in [-0.2, -0.15) is 0 Å². The summed E-state index contributed by atoms with van der Waals surface area (Å²) in [6.45, 7) is 9.53. The van der Waals surface area contributed by atoms with E-state index in [0.717, 1.165) is 31.7 Å². The van der Waals surface area contributed by atoms with Gasteiger partial charge in [-0.05, 0) is 38.6 Å². The second kappa shape index (κ2) is 9.46. The van der Waals surface area contributed by atoms with Crippen LogP contribution in [0.2, 0.25) is 0 Å². The monoisotopic (exact) mass is 243 g/mol. The summed E-state index contributed by atoms with van der Waals surface area (Å²) in [4.78, 5) is 10.6. The van der Waals surface area contributed by atoms with Gasteiger partial charge in [0.15, 0.2) is 0 Å². The topological polar surface area (TPSA) is 49.3 Å². The van der Waals surface area contributed by atoms with Crippen molar-refractivity contribution in [1.82, 2.24) is 5.32 Å². The number of hydrogen-bond donors (Lipinski definition) is 2. The van der Waals surface area contributed by atoms with E-state index in [1.165, 1.54) is 12.8 Å². The molecule has 3 heteroatoms. The minimum atomic E-state index is -0.679. The molecule has 2 N–H and O–H groups in total. The Morgan fingerprint density at radius 2 is 1.82 bits per heavy atom. The van der Waals surface area contributed by atoms with Crippen LogP contribution in [0.25, 0.3) is 0 Å². The zero-order valence-corrected chi connectivity index (χ0v) is 11.8. The number of nitrogens with one attached hydrogen (secondary N) is 1. The first-order valence-corrected chi connectivity index (χ1v) is 6.93. The summed E-state index contributed by atoms with van der Waals surface area (Å²) in [5.41, 5.74) is 0. The molecule has 0 radical (unpaired) electrons. The standard InChI is InChI=1S/C14H29NO2/c1-5-7-11(2)10-15-13(4)9-6-8-12(3)14(16)17/h11-13,15H,5-10H2,1-4H3,(H,16,17). The van der Waals surface area contributed by atoms with Crippen molar-refractivity contribution < 1.29 is 9.90 Å². The van der Waals surface area contributed by atoms with Crippen molar-refractivity contribution in [2.24, 2.45) is 11.8 Å². The molecular formula is C14H29NO2. The molecule has 0 saturated carbocycles. The smallest absolute Gasteiger partial charge is 0.306 e. The zero-order valence-electron chi connectivity index (χ0n) is 11.8. The average molecular weight is 243 g/mol. The van der Waals surface area contributed by atoms with Gasteiger partial charge in [0.1, 0.15) is 0 Å². The van der Waals surface area contributed by atoms with Crippen LogP contribution in [-0.4, -0.2) is 23.7 Å². The molecule has 0 aromatic heterocycles. The summed E-state index contributed by atoms with van der Waals surface area (Å²) in [6, 6.07) is 0.496. The van der Waals surface area contributed by atoms with Gasteiger partial charge in [-0.3, -0.25) is 4.79 Å². The number of rotatable bonds is 10. The largest absolute Gasteiger partial charge is 0.481 e. The van der Waals surface area contributed by atoms with Crippen LogP contribution in [0.4, 0.5) is 0 Å². The van der Waals surface area contributed by atoms with Crippen LogP contribution in [0.5, 0.6) is 0 Å². The third-order valence-electron chi connectivity index (χ3n) is 3.29. The van der Waals surface area contributed by atoms with Gasteiger partial charge in [-0.1, -0.05) is 33.6 Å². The summed E-state index contributed by atoms with van der Waals surface area (Å²) >= 11 is 0. The lowest BCUT2D eigenvalue weighted by Crippen LogP contribution is -2.30. The van der Waals surface area contributed by atoms with Gasteiger partial charge in [-0.15, -0.1) is 0 Å². The number of hydrogen-bond acceptors (Lipinski definition) is 2. The maximum Gasteiger partial charge on any atom is 0.306 e. The molecule has 102 valence electrons. The third-order valence-corrected chi connectivity index (χ3v) is 3.29. The van der Waals surface area contributed by atoms with Crippen molar-refractivity contribution in [3.63, 3.8) is 0 Å². The molecule has 0 heterocycles. The summed E-state index contributed by atoms with van der Waals surface area (Å²) in [5.74, 6) is -0.149. The number of aliphatic carboxylic acids is 1. The van der Waals surface area contributed by atoms with Gasteiger partial charge < -0.3 is 10.4 Å². The van der Waals surface area contributed by atoms with E-state index in [1.54, 1.807) is 6.92 Å². The molecule has 0 aliphatic rings. The molecular weight excluding hydrogens is 214 g/mol. The number of carboxylic acids is 1. The Bertz CT molecular complexity index is 206. The van der Waals surface area contributed by atoms with Gasteiger partial charge >= 0.3 is 5.97 Å². The Balaban J connectivity index is 3.52. The Hall–Kier alpha value is -0.570. The van der Waals surface area contributed by atoms with Crippen molar-refractivity contribution in [3.8, 4) is 0 Å². The van der Waals surface area contributed by atoms with Crippen molar-refractivity contribution in [2.75, 3.05) is 6.54 Å². The van der Waals surface area contributed by atoms with Crippen LogP contribution in [0.3, 0.4) is 0 Å². The fourth-order valence-corrected chi connectivity index (χ4v) is 1.95. The predicted molar refractivity (Wildman–Crippen MR) is 72.2 cm³/mol. The van der Waals surface area contributed by atoms with E-state index in [-0.39, 0.29) is 5.92 Å². The molecule has 0 aliphatic carbocycles. The van der Waals surface area contributed by atoms with Gasteiger partial charge in [0.25, 0.3) is 0 Å². The second-order valence-electron chi connectivity index (χ2n) is 5.37. The van der Waals surface area contributed by atoms with E-state index in [2.05, 4.69) is 26.1 Å². The van der Waals surface area contributed by atoms with Crippen molar-refractivity contribution in [2.45, 2.75) is 65.8 Å². The first-order valence-electron chi connectivity index (χ1n) is 6.93. The van der Waals surface area contributed by atoms with Crippen LogP contribution < -0.4 is 5.32 Å². The molecule has 3 nitrogen and oxygen atoms in total. The minimum absolute atomic E-state index is 0.207. The first-order chi connectivity index (χ1) is 7.97. The zero-order chi connectivity index (χ0) is 13.3. The minimum Gasteiger partial charge on any atom is -0.481 e. The number of carboxylic acid groups (broad SMARTS) is 1. The highest BCUT2D eigenvalue weighted by molar-refractivity contribution is 5.69. The Morgan fingerprint density at radius 3 is 2.35 bits per heavy atom. The summed E-state index contributed by atoms with van der Waals surface area (Å²) in [6.07, 6.45) is 5.36. The van der Waals surface area contributed by atoms with Crippen molar-refractivity contribution in [1.29, 1.82) is 0 Å². The molecule has 0 rings (SSSR count). The molecule has 0 saturated heterocycles. The van der Waals surface area contributed by atoms with Crippen LogP contribution in [-0.2, 0) is 4.79 Å². The molecule has 0 bridgehead atoms. The van der Waals surface area contributed by atoms with Crippen molar-refractivity contribution in [3.05, 3.63) is 0 Å². The highest BCUT2D eigenvalue weighted by Gasteiger charge is 2.11. The van der Waals surface area contributed by atoms with Gasteiger partial charge in [-0.25, -0.2) is 0 Å². The SMILES string of the molecule is CCCC(C)CNC(C)CCCC(C)C(=O)O. The molecule has 3 atom stereocenters. The average Bonchev–Trinajstić information content (AvgIpc) is 2.26. The lowest BCUT2D eigenvalue weighted by molar-refractivity contribution is -0.141. The normalized spacial score (nSPS) is 16.5.